The molecule has 2 aromatic rings. The molecule has 0 spiro atoms. The molecule has 7 heteroatoms. The van der Waals surface area contributed by atoms with Crippen LogP contribution in [-0.4, -0.2) is 32.1 Å². The van der Waals surface area contributed by atoms with E-state index >= 15 is 0 Å². The first-order valence-corrected chi connectivity index (χ1v) is 8.82. The summed E-state index contributed by atoms with van der Waals surface area (Å²) in [7, 11) is 3.05. The highest BCUT2D eigenvalue weighted by Gasteiger charge is 2.25. The van der Waals surface area contributed by atoms with Crippen molar-refractivity contribution in [2.24, 2.45) is 5.92 Å². The smallest absolute Gasteiger partial charge is 0.251 e. The molecule has 2 aromatic carbocycles. The predicted molar refractivity (Wildman–Crippen MR) is 106 cm³/mol. The fourth-order valence-electron chi connectivity index (χ4n) is 2.48. The van der Waals surface area contributed by atoms with Gasteiger partial charge in [0.05, 0.1) is 19.9 Å². The van der Waals surface area contributed by atoms with Crippen LogP contribution in [-0.2, 0) is 4.79 Å². The number of anilines is 1. The molecule has 2 amide bonds. The maximum absolute atomic E-state index is 12.8. The number of rotatable bonds is 7. The third-order valence-electron chi connectivity index (χ3n) is 4.01. The highest BCUT2D eigenvalue weighted by molar-refractivity contribution is 6.30. The number of carbonyl (C=O) groups is 2. The third-order valence-corrected chi connectivity index (χ3v) is 4.26. The van der Waals surface area contributed by atoms with Crippen molar-refractivity contribution in [1.29, 1.82) is 0 Å². The van der Waals surface area contributed by atoms with E-state index in [0.29, 0.717) is 27.8 Å². The fourth-order valence-corrected chi connectivity index (χ4v) is 2.61. The van der Waals surface area contributed by atoms with Crippen molar-refractivity contribution in [3.8, 4) is 11.5 Å². The first kappa shape index (κ1) is 20.6. The van der Waals surface area contributed by atoms with Gasteiger partial charge in [-0.2, -0.15) is 0 Å². The normalized spacial score (nSPS) is 11.6. The van der Waals surface area contributed by atoms with E-state index in [4.69, 9.17) is 21.1 Å². The van der Waals surface area contributed by atoms with Crippen LogP contribution in [0.25, 0.3) is 0 Å². The van der Waals surface area contributed by atoms with Gasteiger partial charge in [0.2, 0.25) is 5.91 Å². The molecule has 0 aliphatic carbocycles. The maximum atomic E-state index is 12.8. The monoisotopic (exact) mass is 390 g/mol. The summed E-state index contributed by atoms with van der Waals surface area (Å²) in [6.45, 7) is 3.71. The number of hydrogen-bond donors (Lipinski definition) is 2. The van der Waals surface area contributed by atoms with Crippen LogP contribution in [0.5, 0.6) is 11.5 Å². The van der Waals surface area contributed by atoms with Crippen LogP contribution in [0.3, 0.4) is 0 Å². The minimum Gasteiger partial charge on any atom is -0.497 e. The average molecular weight is 391 g/mol. The van der Waals surface area contributed by atoms with E-state index in [2.05, 4.69) is 10.6 Å². The zero-order chi connectivity index (χ0) is 20.0. The van der Waals surface area contributed by atoms with E-state index in [9.17, 15) is 9.59 Å². The van der Waals surface area contributed by atoms with Crippen LogP contribution in [0.2, 0.25) is 5.02 Å². The molecule has 2 N–H and O–H groups in total. The van der Waals surface area contributed by atoms with Crippen molar-refractivity contribution in [1.82, 2.24) is 5.32 Å². The van der Waals surface area contributed by atoms with E-state index in [1.807, 2.05) is 13.8 Å². The Hall–Kier alpha value is -2.73. The van der Waals surface area contributed by atoms with E-state index < -0.39 is 6.04 Å². The van der Waals surface area contributed by atoms with E-state index in [0.717, 1.165) is 0 Å². The number of halogens is 1. The second kappa shape index (κ2) is 9.28. The van der Waals surface area contributed by atoms with Crippen molar-refractivity contribution < 1.29 is 19.1 Å². The van der Waals surface area contributed by atoms with E-state index in [1.165, 1.54) is 14.2 Å². The predicted octanol–water partition coefficient (Wildman–Crippen LogP) is 3.75. The molecule has 0 bridgehead atoms. The lowest BCUT2D eigenvalue weighted by molar-refractivity contribution is -0.118. The zero-order valence-electron chi connectivity index (χ0n) is 15.7. The summed E-state index contributed by atoms with van der Waals surface area (Å²) in [6.07, 6.45) is 0. The van der Waals surface area contributed by atoms with Crippen LogP contribution < -0.4 is 20.1 Å². The van der Waals surface area contributed by atoms with Crippen LogP contribution in [0.4, 0.5) is 5.69 Å². The Morgan fingerprint density at radius 3 is 2.22 bits per heavy atom. The second-order valence-electron chi connectivity index (χ2n) is 6.26. The van der Waals surface area contributed by atoms with Gasteiger partial charge >= 0.3 is 0 Å². The Balaban J connectivity index is 2.17. The number of methoxy groups -OCH3 is 2. The van der Waals surface area contributed by atoms with Gasteiger partial charge in [0, 0.05) is 16.7 Å². The number of carbonyl (C=O) groups excluding carboxylic acids is 2. The summed E-state index contributed by atoms with van der Waals surface area (Å²) >= 11 is 5.85. The summed E-state index contributed by atoms with van der Waals surface area (Å²) in [5, 5.41) is 6.11. The molecule has 0 radical (unpaired) electrons. The van der Waals surface area contributed by atoms with Crippen molar-refractivity contribution in [2.75, 3.05) is 19.5 Å². The molecular formula is C20H23ClN2O4. The van der Waals surface area contributed by atoms with Gasteiger partial charge in [-0.3, -0.25) is 9.59 Å². The third kappa shape index (κ3) is 5.37. The maximum Gasteiger partial charge on any atom is 0.251 e. The Kier molecular flexibility index (Phi) is 7.07. The van der Waals surface area contributed by atoms with Crippen LogP contribution >= 0.6 is 11.6 Å². The molecular weight excluding hydrogens is 368 g/mol. The topological polar surface area (TPSA) is 76.7 Å². The molecule has 0 aliphatic rings. The van der Waals surface area contributed by atoms with Crippen molar-refractivity contribution >= 4 is 29.1 Å². The van der Waals surface area contributed by atoms with Crippen molar-refractivity contribution in [2.45, 2.75) is 19.9 Å². The first-order chi connectivity index (χ1) is 12.8. The summed E-state index contributed by atoms with van der Waals surface area (Å²) in [6, 6.07) is 10.8. The molecule has 27 heavy (non-hydrogen) atoms. The van der Waals surface area contributed by atoms with Crippen molar-refractivity contribution in [3.63, 3.8) is 0 Å². The molecule has 6 nitrogen and oxygen atoms in total. The summed E-state index contributed by atoms with van der Waals surface area (Å²) in [5.41, 5.74) is 0.894. The van der Waals surface area contributed by atoms with Gasteiger partial charge in [-0.15, -0.1) is 0 Å². The Labute approximate surface area is 163 Å². The number of hydrogen-bond acceptors (Lipinski definition) is 4. The molecule has 2 rings (SSSR count). The molecule has 0 saturated carbocycles. The number of amides is 2. The lowest BCUT2D eigenvalue weighted by Crippen LogP contribution is -2.47. The SMILES string of the molecule is COc1ccc(OC)c(NC(=O)C(NC(=O)c2ccc(Cl)cc2)C(C)C)c1. The van der Waals surface area contributed by atoms with Gasteiger partial charge < -0.3 is 20.1 Å². The van der Waals surface area contributed by atoms with Gasteiger partial charge in [0.1, 0.15) is 17.5 Å². The number of ether oxygens (including phenoxy) is 2. The van der Waals surface area contributed by atoms with Crippen LogP contribution in [0.15, 0.2) is 42.5 Å². The molecule has 0 aromatic heterocycles. The first-order valence-electron chi connectivity index (χ1n) is 8.45. The summed E-state index contributed by atoms with van der Waals surface area (Å²) < 4.78 is 10.5. The largest absolute Gasteiger partial charge is 0.497 e. The average Bonchev–Trinajstić information content (AvgIpc) is 2.65. The molecule has 0 saturated heterocycles. The number of benzene rings is 2. The van der Waals surface area contributed by atoms with Crippen LogP contribution in [0, 0.1) is 5.92 Å². The Morgan fingerprint density at radius 1 is 1.00 bits per heavy atom. The lowest BCUT2D eigenvalue weighted by atomic mass is 10.0. The minimum absolute atomic E-state index is 0.127. The Morgan fingerprint density at radius 2 is 1.67 bits per heavy atom. The molecule has 0 heterocycles. The van der Waals surface area contributed by atoms with Gasteiger partial charge in [0.15, 0.2) is 0 Å². The van der Waals surface area contributed by atoms with Gasteiger partial charge in [-0.05, 0) is 42.3 Å². The van der Waals surface area contributed by atoms with E-state index in [-0.39, 0.29) is 17.7 Å². The van der Waals surface area contributed by atoms with Gasteiger partial charge in [0.25, 0.3) is 5.91 Å². The second-order valence-corrected chi connectivity index (χ2v) is 6.69. The van der Waals surface area contributed by atoms with Gasteiger partial charge in [-0.1, -0.05) is 25.4 Å². The minimum atomic E-state index is -0.732. The van der Waals surface area contributed by atoms with Crippen molar-refractivity contribution in [3.05, 3.63) is 53.1 Å². The zero-order valence-corrected chi connectivity index (χ0v) is 16.5. The van der Waals surface area contributed by atoms with Gasteiger partial charge in [-0.25, -0.2) is 0 Å². The molecule has 144 valence electrons. The standard InChI is InChI=1S/C20H23ClN2O4/c1-12(2)18(23-19(24)13-5-7-14(21)8-6-13)20(25)22-16-11-15(26-3)9-10-17(16)27-4/h5-12,18H,1-4H3,(H,22,25)(H,23,24). The summed E-state index contributed by atoms with van der Waals surface area (Å²) in [4.78, 5) is 25.3. The number of nitrogens with one attached hydrogen (secondary N) is 2. The molecule has 1 unspecified atom stereocenters. The van der Waals surface area contributed by atoms with E-state index in [1.54, 1.807) is 42.5 Å². The summed E-state index contributed by atoms with van der Waals surface area (Å²) in [5.74, 6) is 0.253. The molecule has 0 fully saturated rings. The quantitative estimate of drug-likeness (QED) is 0.754. The highest BCUT2D eigenvalue weighted by Crippen LogP contribution is 2.29. The molecule has 0 aliphatic heterocycles. The van der Waals surface area contributed by atoms with Crippen LogP contribution in [0.1, 0.15) is 24.2 Å². The fraction of sp³-hybridized carbons (Fsp3) is 0.300. The lowest BCUT2D eigenvalue weighted by Gasteiger charge is -2.22. The Bertz CT molecular complexity index is 806. The highest BCUT2D eigenvalue weighted by atomic mass is 35.5. The molecule has 1 atom stereocenters.